The van der Waals surface area contributed by atoms with Crippen molar-refractivity contribution in [2.75, 3.05) is 0 Å². The van der Waals surface area contributed by atoms with Crippen LogP contribution in [0.5, 0.6) is 0 Å². The first-order valence-electron chi connectivity index (χ1n) is 13.9. The highest BCUT2D eigenvalue weighted by Crippen LogP contribution is 2.65. The predicted molar refractivity (Wildman–Crippen MR) is 132 cm³/mol. The smallest absolute Gasteiger partial charge is 0.0693 e. The molecule has 0 radical (unpaired) electrons. The molecule has 9 atom stereocenters. The monoisotopic (exact) mass is 429 g/mol. The first-order valence-corrected chi connectivity index (χ1v) is 13.9. The standard InChI is InChI=1S/C24H39N3.2C2H6/c1-16-4-6-19-18(14-16)5-7-21-20(19)10-11-24(3)22(8-9-23(21)24)17(2)15-27-25-12-13-26-27;2*1-2/h12-13,16-23H,4-11,14-15H2,1-3H3;2*1-2H3/t16?,17-,18?,19?,20-,21?,22?,23+,24?;;/m1../s1. The van der Waals surface area contributed by atoms with Crippen molar-refractivity contribution in [2.45, 2.75) is 113 Å². The Bertz CT molecular complexity index is 641. The molecule has 1 aromatic rings. The maximum absolute atomic E-state index is 4.38. The average Bonchev–Trinajstić information content (AvgIpc) is 3.43. The van der Waals surface area contributed by atoms with Gasteiger partial charge in [0.25, 0.3) is 0 Å². The van der Waals surface area contributed by atoms with Gasteiger partial charge in [-0.1, -0.05) is 54.9 Å². The minimum absolute atomic E-state index is 0.572. The molecule has 3 nitrogen and oxygen atoms in total. The molecular weight excluding hydrogens is 378 g/mol. The molecule has 0 amide bonds. The van der Waals surface area contributed by atoms with Crippen LogP contribution in [-0.2, 0) is 6.54 Å². The highest BCUT2D eigenvalue weighted by atomic mass is 15.5. The van der Waals surface area contributed by atoms with Crippen molar-refractivity contribution in [1.82, 2.24) is 15.0 Å². The third-order valence-electron chi connectivity index (χ3n) is 9.89. The molecule has 0 saturated heterocycles. The van der Waals surface area contributed by atoms with Crippen molar-refractivity contribution >= 4 is 0 Å². The van der Waals surface area contributed by atoms with Crippen LogP contribution < -0.4 is 0 Å². The van der Waals surface area contributed by atoms with Crippen LogP contribution in [0.25, 0.3) is 0 Å². The van der Waals surface area contributed by atoms with E-state index < -0.39 is 0 Å². The van der Waals surface area contributed by atoms with Crippen LogP contribution >= 0.6 is 0 Å². The molecule has 0 aliphatic heterocycles. The van der Waals surface area contributed by atoms with Crippen molar-refractivity contribution in [2.24, 2.45) is 52.8 Å². The first kappa shape index (κ1) is 24.8. The van der Waals surface area contributed by atoms with Crippen LogP contribution in [0, 0.1) is 52.8 Å². The molecule has 0 aromatic carbocycles. The van der Waals surface area contributed by atoms with Gasteiger partial charge in [-0.2, -0.15) is 15.0 Å². The molecule has 4 aliphatic rings. The molecule has 5 rings (SSSR count). The summed E-state index contributed by atoms with van der Waals surface area (Å²) >= 11 is 0. The minimum atomic E-state index is 0.572. The fourth-order valence-electron chi connectivity index (χ4n) is 8.79. The van der Waals surface area contributed by atoms with Crippen LogP contribution in [0.3, 0.4) is 0 Å². The van der Waals surface area contributed by atoms with Crippen LogP contribution in [0.2, 0.25) is 0 Å². The van der Waals surface area contributed by atoms with Gasteiger partial charge >= 0.3 is 0 Å². The summed E-state index contributed by atoms with van der Waals surface area (Å²) in [6.45, 7) is 16.6. The van der Waals surface area contributed by atoms with Gasteiger partial charge in [-0.05, 0) is 104 Å². The van der Waals surface area contributed by atoms with Crippen LogP contribution in [-0.4, -0.2) is 15.0 Å². The molecule has 3 heteroatoms. The SMILES string of the molecule is CC.CC.CC1CCC2C(CCC3[C@@H]2CCC2(C)C([C@H](C)Cn4nccn4)CC[C@@H]32)C1. The maximum atomic E-state index is 4.38. The summed E-state index contributed by atoms with van der Waals surface area (Å²) < 4.78 is 0. The van der Waals surface area contributed by atoms with E-state index in [0.29, 0.717) is 11.3 Å². The van der Waals surface area contributed by atoms with Crippen molar-refractivity contribution in [3.05, 3.63) is 12.4 Å². The summed E-state index contributed by atoms with van der Waals surface area (Å²) in [7, 11) is 0. The van der Waals surface area contributed by atoms with Crippen LogP contribution in [0.15, 0.2) is 12.4 Å². The maximum Gasteiger partial charge on any atom is 0.0693 e. The van der Waals surface area contributed by atoms with Crippen LogP contribution in [0.1, 0.15) is 106 Å². The summed E-state index contributed by atoms with van der Waals surface area (Å²) in [5.41, 5.74) is 0.572. The molecule has 6 unspecified atom stereocenters. The molecule has 31 heavy (non-hydrogen) atoms. The van der Waals surface area contributed by atoms with E-state index in [1.807, 2.05) is 44.9 Å². The average molecular weight is 430 g/mol. The highest BCUT2D eigenvalue weighted by Gasteiger charge is 2.57. The normalized spacial score (nSPS) is 42.0. The highest BCUT2D eigenvalue weighted by molar-refractivity contribution is 5.06. The van der Waals surface area contributed by atoms with Gasteiger partial charge in [0.2, 0.25) is 0 Å². The number of nitrogens with zero attached hydrogens (tertiary/aromatic N) is 3. The third kappa shape index (κ3) is 4.76. The molecule has 1 heterocycles. The van der Waals surface area contributed by atoms with Crippen molar-refractivity contribution in [3.8, 4) is 0 Å². The lowest BCUT2D eigenvalue weighted by molar-refractivity contribution is -0.0739. The van der Waals surface area contributed by atoms with Gasteiger partial charge in [-0.25, -0.2) is 0 Å². The van der Waals surface area contributed by atoms with E-state index in [9.17, 15) is 0 Å². The Kier molecular flexibility index (Phi) is 8.66. The predicted octanol–water partition coefficient (Wildman–Crippen LogP) is 7.87. The van der Waals surface area contributed by atoms with Crippen molar-refractivity contribution < 1.29 is 0 Å². The lowest BCUT2D eigenvalue weighted by atomic mass is 9.49. The zero-order chi connectivity index (χ0) is 22.6. The molecule has 4 aliphatic carbocycles. The second-order valence-corrected chi connectivity index (χ2v) is 11.1. The lowest BCUT2D eigenvalue weighted by Crippen LogP contribution is -2.49. The Morgan fingerprint density at radius 3 is 2.26 bits per heavy atom. The Hall–Kier alpha value is -0.860. The van der Waals surface area contributed by atoms with E-state index >= 15 is 0 Å². The molecular formula is C28H51N3. The largest absolute Gasteiger partial charge is 0.185 e. The van der Waals surface area contributed by atoms with Crippen molar-refractivity contribution in [3.63, 3.8) is 0 Å². The van der Waals surface area contributed by atoms with Crippen LogP contribution in [0.4, 0.5) is 0 Å². The van der Waals surface area contributed by atoms with E-state index in [0.717, 1.165) is 48.0 Å². The number of hydrogen-bond acceptors (Lipinski definition) is 2. The molecule has 1 aromatic heterocycles. The summed E-state index contributed by atoms with van der Waals surface area (Å²) in [6, 6.07) is 0. The number of aromatic nitrogens is 3. The van der Waals surface area contributed by atoms with E-state index in [1.54, 1.807) is 19.3 Å². The number of fused-ring (bicyclic) bond motifs is 5. The van der Waals surface area contributed by atoms with E-state index in [1.165, 1.54) is 38.5 Å². The minimum Gasteiger partial charge on any atom is -0.185 e. The summed E-state index contributed by atoms with van der Waals surface area (Å²) in [4.78, 5) is 1.92. The Morgan fingerprint density at radius 2 is 1.55 bits per heavy atom. The van der Waals surface area contributed by atoms with Gasteiger partial charge < -0.3 is 0 Å². The van der Waals surface area contributed by atoms with Gasteiger partial charge in [-0.15, -0.1) is 0 Å². The van der Waals surface area contributed by atoms with Gasteiger partial charge in [0.15, 0.2) is 0 Å². The zero-order valence-electron chi connectivity index (χ0n) is 21.7. The van der Waals surface area contributed by atoms with Gasteiger partial charge in [0, 0.05) is 0 Å². The van der Waals surface area contributed by atoms with E-state index in [4.69, 9.17) is 0 Å². The second-order valence-electron chi connectivity index (χ2n) is 11.1. The Balaban J connectivity index is 0.000000645. The number of hydrogen-bond donors (Lipinski definition) is 0. The third-order valence-corrected chi connectivity index (χ3v) is 9.89. The van der Waals surface area contributed by atoms with E-state index in [2.05, 4.69) is 31.0 Å². The fraction of sp³-hybridized carbons (Fsp3) is 0.929. The van der Waals surface area contributed by atoms with Gasteiger partial charge in [0.1, 0.15) is 0 Å². The fourth-order valence-corrected chi connectivity index (χ4v) is 8.79. The summed E-state index contributed by atoms with van der Waals surface area (Å²) in [5, 5.41) is 8.75. The number of rotatable bonds is 3. The zero-order valence-corrected chi connectivity index (χ0v) is 21.7. The summed E-state index contributed by atoms with van der Waals surface area (Å²) in [5.74, 6) is 7.79. The van der Waals surface area contributed by atoms with E-state index in [-0.39, 0.29) is 0 Å². The molecule has 4 saturated carbocycles. The molecule has 4 fully saturated rings. The Morgan fingerprint density at radius 1 is 0.871 bits per heavy atom. The van der Waals surface area contributed by atoms with Crippen molar-refractivity contribution in [1.29, 1.82) is 0 Å². The summed E-state index contributed by atoms with van der Waals surface area (Å²) in [6.07, 6.45) is 17.2. The molecule has 0 spiro atoms. The molecule has 0 bridgehead atoms. The molecule has 178 valence electrons. The van der Waals surface area contributed by atoms with Gasteiger partial charge in [0.05, 0.1) is 18.9 Å². The molecule has 0 N–H and O–H groups in total. The van der Waals surface area contributed by atoms with Gasteiger partial charge in [-0.3, -0.25) is 0 Å². The Labute approximate surface area is 193 Å². The second kappa shape index (κ2) is 10.8. The topological polar surface area (TPSA) is 30.7 Å². The first-order chi connectivity index (χ1) is 15.1. The quantitative estimate of drug-likeness (QED) is 0.489. The lowest BCUT2D eigenvalue weighted by Gasteiger charge is -2.56.